The van der Waals surface area contributed by atoms with Gasteiger partial charge in [-0.15, -0.1) is 11.8 Å². The van der Waals surface area contributed by atoms with Crippen molar-refractivity contribution in [2.45, 2.75) is 43.5 Å². The van der Waals surface area contributed by atoms with E-state index in [1.54, 1.807) is 11.8 Å². The number of aryl methyl sites for hydroxylation is 2. The van der Waals surface area contributed by atoms with Crippen molar-refractivity contribution in [1.82, 2.24) is 5.32 Å². The highest BCUT2D eigenvalue weighted by molar-refractivity contribution is 7.99. The summed E-state index contributed by atoms with van der Waals surface area (Å²) in [7, 11) is 0. The Bertz CT molecular complexity index is 666. The lowest BCUT2D eigenvalue weighted by atomic mass is 9.88. The molecule has 23 heavy (non-hydrogen) atoms. The minimum atomic E-state index is 0.159. The number of carbonyl (C=O) groups excluding carboxylic acids is 1. The molecule has 0 saturated carbocycles. The van der Waals surface area contributed by atoms with Gasteiger partial charge < -0.3 is 5.32 Å². The predicted octanol–water partition coefficient (Wildman–Crippen LogP) is 4.67. The van der Waals surface area contributed by atoms with E-state index in [9.17, 15) is 4.79 Å². The second-order valence-electron chi connectivity index (χ2n) is 6.12. The molecule has 0 saturated heterocycles. The molecule has 0 fully saturated rings. The zero-order valence-corrected chi connectivity index (χ0v) is 14.4. The average molecular weight is 325 g/mol. The van der Waals surface area contributed by atoms with Gasteiger partial charge in [-0.1, -0.05) is 42.0 Å². The van der Waals surface area contributed by atoms with Crippen LogP contribution in [0.5, 0.6) is 0 Å². The Kier molecular flexibility index (Phi) is 5.39. The van der Waals surface area contributed by atoms with Crippen LogP contribution < -0.4 is 5.32 Å². The number of thioether (sulfide) groups is 1. The Morgan fingerprint density at radius 1 is 1.17 bits per heavy atom. The molecule has 1 aliphatic rings. The van der Waals surface area contributed by atoms with Crippen LogP contribution in [0.4, 0.5) is 0 Å². The fraction of sp³-hybridized carbons (Fsp3) is 0.350. The second kappa shape index (κ2) is 7.69. The molecule has 1 N–H and O–H groups in total. The van der Waals surface area contributed by atoms with E-state index in [1.807, 2.05) is 0 Å². The Morgan fingerprint density at radius 2 is 1.96 bits per heavy atom. The molecule has 0 heterocycles. The monoisotopic (exact) mass is 325 g/mol. The van der Waals surface area contributed by atoms with Crippen LogP contribution in [-0.4, -0.2) is 11.7 Å². The zero-order valence-electron chi connectivity index (χ0n) is 13.5. The normalized spacial score (nSPS) is 16.7. The summed E-state index contributed by atoms with van der Waals surface area (Å²) in [6, 6.07) is 17.1. The van der Waals surface area contributed by atoms with Crippen molar-refractivity contribution in [2.24, 2.45) is 0 Å². The third-order valence-corrected chi connectivity index (χ3v) is 5.34. The number of amides is 1. The first-order chi connectivity index (χ1) is 11.2. The van der Waals surface area contributed by atoms with Gasteiger partial charge in [-0.3, -0.25) is 4.79 Å². The number of benzene rings is 2. The maximum absolute atomic E-state index is 12.2. The van der Waals surface area contributed by atoms with Gasteiger partial charge in [0.05, 0.1) is 6.04 Å². The molecule has 120 valence electrons. The van der Waals surface area contributed by atoms with Gasteiger partial charge in [0.2, 0.25) is 5.91 Å². The molecule has 1 amide bonds. The summed E-state index contributed by atoms with van der Waals surface area (Å²) in [5.41, 5.74) is 3.96. The summed E-state index contributed by atoms with van der Waals surface area (Å²) in [5.74, 6) is 0.981. The van der Waals surface area contributed by atoms with Gasteiger partial charge in [0.25, 0.3) is 0 Å². The lowest BCUT2D eigenvalue weighted by Gasteiger charge is -2.26. The van der Waals surface area contributed by atoms with Crippen LogP contribution in [0.25, 0.3) is 0 Å². The topological polar surface area (TPSA) is 29.1 Å². The summed E-state index contributed by atoms with van der Waals surface area (Å²) >= 11 is 1.74. The maximum Gasteiger partial charge on any atom is 0.221 e. The molecule has 0 unspecified atom stereocenters. The van der Waals surface area contributed by atoms with Crippen LogP contribution in [0.1, 0.15) is 42.0 Å². The fourth-order valence-corrected chi connectivity index (χ4v) is 3.92. The molecule has 0 bridgehead atoms. The van der Waals surface area contributed by atoms with E-state index >= 15 is 0 Å². The smallest absolute Gasteiger partial charge is 0.221 e. The van der Waals surface area contributed by atoms with Crippen molar-refractivity contribution < 1.29 is 4.79 Å². The van der Waals surface area contributed by atoms with E-state index in [-0.39, 0.29) is 11.9 Å². The van der Waals surface area contributed by atoms with Gasteiger partial charge in [-0.25, -0.2) is 0 Å². The highest BCUT2D eigenvalue weighted by Gasteiger charge is 2.20. The van der Waals surface area contributed by atoms with Gasteiger partial charge >= 0.3 is 0 Å². The summed E-state index contributed by atoms with van der Waals surface area (Å²) in [6.45, 7) is 2.09. The molecule has 1 aliphatic carbocycles. The van der Waals surface area contributed by atoms with Crippen LogP contribution >= 0.6 is 11.8 Å². The molecule has 2 aromatic rings. The van der Waals surface area contributed by atoms with E-state index in [4.69, 9.17) is 0 Å². The number of hydrogen-bond acceptors (Lipinski definition) is 2. The van der Waals surface area contributed by atoms with Crippen LogP contribution in [-0.2, 0) is 11.2 Å². The molecular formula is C20H23NOS. The number of rotatable bonds is 5. The van der Waals surface area contributed by atoms with E-state index in [0.717, 1.165) is 25.0 Å². The first-order valence-electron chi connectivity index (χ1n) is 8.29. The lowest BCUT2D eigenvalue weighted by Crippen LogP contribution is -2.31. The molecule has 3 heteroatoms. The summed E-state index contributed by atoms with van der Waals surface area (Å²) in [5, 5.41) is 3.22. The minimum Gasteiger partial charge on any atom is -0.349 e. The summed E-state index contributed by atoms with van der Waals surface area (Å²) in [6.07, 6.45) is 3.90. The number of nitrogens with one attached hydrogen (secondary N) is 1. The molecule has 0 aromatic heterocycles. The predicted molar refractivity (Wildman–Crippen MR) is 96.8 cm³/mol. The lowest BCUT2D eigenvalue weighted by molar-refractivity contribution is -0.121. The highest BCUT2D eigenvalue weighted by Crippen LogP contribution is 2.29. The van der Waals surface area contributed by atoms with Crippen molar-refractivity contribution in [2.75, 3.05) is 5.75 Å². The summed E-state index contributed by atoms with van der Waals surface area (Å²) in [4.78, 5) is 13.5. The standard InChI is InChI=1S/C20H23NOS/c1-15-9-11-17(12-10-15)23-14-13-20(22)21-19-8-4-6-16-5-2-3-7-18(16)19/h2-3,5,7,9-12,19H,4,6,8,13-14H2,1H3,(H,21,22)/t19-/m1/s1. The quantitative estimate of drug-likeness (QED) is 0.809. The molecular weight excluding hydrogens is 302 g/mol. The molecule has 2 nitrogen and oxygen atoms in total. The van der Waals surface area contributed by atoms with Crippen LogP contribution in [0, 0.1) is 6.92 Å². The van der Waals surface area contributed by atoms with Gasteiger partial charge in [-0.05, 0) is 49.4 Å². The number of fused-ring (bicyclic) bond motifs is 1. The van der Waals surface area contributed by atoms with E-state index in [0.29, 0.717) is 6.42 Å². The third-order valence-electron chi connectivity index (χ3n) is 4.32. The zero-order chi connectivity index (χ0) is 16.1. The first-order valence-corrected chi connectivity index (χ1v) is 9.27. The van der Waals surface area contributed by atoms with Crippen LogP contribution in [0.15, 0.2) is 53.4 Å². The van der Waals surface area contributed by atoms with Crippen molar-refractivity contribution >= 4 is 17.7 Å². The molecule has 0 radical (unpaired) electrons. The van der Waals surface area contributed by atoms with E-state index in [1.165, 1.54) is 21.6 Å². The van der Waals surface area contributed by atoms with E-state index < -0.39 is 0 Å². The Hall–Kier alpha value is -1.74. The van der Waals surface area contributed by atoms with Gasteiger partial charge in [0.15, 0.2) is 0 Å². The summed E-state index contributed by atoms with van der Waals surface area (Å²) < 4.78 is 0. The molecule has 1 atom stereocenters. The fourth-order valence-electron chi connectivity index (χ4n) is 3.07. The molecule has 0 aliphatic heterocycles. The Morgan fingerprint density at radius 3 is 2.78 bits per heavy atom. The van der Waals surface area contributed by atoms with Crippen LogP contribution in [0.3, 0.4) is 0 Å². The largest absolute Gasteiger partial charge is 0.349 e. The maximum atomic E-state index is 12.2. The molecule has 2 aromatic carbocycles. The van der Waals surface area contributed by atoms with Crippen molar-refractivity contribution in [1.29, 1.82) is 0 Å². The number of hydrogen-bond donors (Lipinski definition) is 1. The first kappa shape index (κ1) is 16.1. The average Bonchev–Trinajstić information content (AvgIpc) is 2.57. The van der Waals surface area contributed by atoms with Gasteiger partial charge in [-0.2, -0.15) is 0 Å². The number of carbonyl (C=O) groups is 1. The minimum absolute atomic E-state index is 0.159. The second-order valence-corrected chi connectivity index (χ2v) is 7.29. The van der Waals surface area contributed by atoms with Crippen molar-refractivity contribution in [3.05, 3.63) is 65.2 Å². The van der Waals surface area contributed by atoms with Crippen LogP contribution in [0.2, 0.25) is 0 Å². The molecule has 0 spiro atoms. The highest BCUT2D eigenvalue weighted by atomic mass is 32.2. The van der Waals surface area contributed by atoms with Gasteiger partial charge in [0, 0.05) is 17.1 Å². The van der Waals surface area contributed by atoms with Crippen molar-refractivity contribution in [3.63, 3.8) is 0 Å². The Balaban J connectivity index is 1.49. The van der Waals surface area contributed by atoms with Crippen molar-refractivity contribution in [3.8, 4) is 0 Å². The Labute approximate surface area is 142 Å². The van der Waals surface area contributed by atoms with Gasteiger partial charge in [0.1, 0.15) is 0 Å². The third kappa shape index (κ3) is 4.38. The molecule has 3 rings (SSSR count). The SMILES string of the molecule is Cc1ccc(SCCC(=O)N[C@@H]2CCCc3ccccc32)cc1. The van der Waals surface area contributed by atoms with E-state index in [2.05, 4.69) is 60.8 Å².